The average Bonchev–Trinajstić information content (AvgIpc) is 2.14. The summed E-state index contributed by atoms with van der Waals surface area (Å²) in [6.45, 7) is 1.43. The third-order valence-corrected chi connectivity index (χ3v) is 1.32. The summed E-state index contributed by atoms with van der Waals surface area (Å²) in [7, 11) is 0. The number of H-pyrrole nitrogens is 1. The zero-order valence-electron chi connectivity index (χ0n) is 5.11. The van der Waals surface area contributed by atoms with Gasteiger partial charge in [0.05, 0.1) is 0 Å². The molecule has 1 aromatic rings. The van der Waals surface area contributed by atoms with Gasteiger partial charge in [-0.3, -0.25) is 9.89 Å². The van der Waals surface area contributed by atoms with Crippen molar-refractivity contribution in [2.24, 2.45) is 0 Å². The topological polar surface area (TPSA) is 45.8 Å². The highest BCUT2D eigenvalue weighted by molar-refractivity contribution is 6.67. The van der Waals surface area contributed by atoms with Gasteiger partial charge in [0.15, 0.2) is 5.69 Å². The molecule has 0 saturated carbocycles. The number of rotatable bonds is 1. The van der Waals surface area contributed by atoms with Gasteiger partial charge in [-0.05, 0) is 18.5 Å². The van der Waals surface area contributed by atoms with Gasteiger partial charge < -0.3 is 0 Å². The SMILES string of the molecule is Cc1c(C(=O)Cl)n[nH]c1F. The first-order valence-corrected chi connectivity index (χ1v) is 2.91. The molecule has 1 aromatic heterocycles. The lowest BCUT2D eigenvalue weighted by atomic mass is 10.3. The van der Waals surface area contributed by atoms with E-state index in [2.05, 4.69) is 5.10 Å². The maximum absolute atomic E-state index is 12.4. The summed E-state index contributed by atoms with van der Waals surface area (Å²) in [4.78, 5) is 10.4. The van der Waals surface area contributed by atoms with Gasteiger partial charge in [0.25, 0.3) is 5.24 Å². The fourth-order valence-corrected chi connectivity index (χ4v) is 0.752. The Labute approximate surface area is 61.2 Å². The van der Waals surface area contributed by atoms with Crippen LogP contribution in [0.4, 0.5) is 4.39 Å². The van der Waals surface area contributed by atoms with Crippen molar-refractivity contribution < 1.29 is 9.18 Å². The Kier molecular flexibility index (Phi) is 1.72. The number of halogens is 2. The molecule has 0 saturated heterocycles. The van der Waals surface area contributed by atoms with Gasteiger partial charge in [0, 0.05) is 5.56 Å². The van der Waals surface area contributed by atoms with Gasteiger partial charge in [-0.2, -0.15) is 9.49 Å². The number of nitrogens with one attached hydrogen (secondary N) is 1. The number of aromatic nitrogens is 2. The molecule has 0 aliphatic heterocycles. The quantitative estimate of drug-likeness (QED) is 0.632. The second-order valence-corrected chi connectivity index (χ2v) is 2.13. The predicted molar refractivity (Wildman–Crippen MR) is 33.5 cm³/mol. The van der Waals surface area contributed by atoms with Crippen molar-refractivity contribution in [2.75, 3.05) is 0 Å². The lowest BCUT2D eigenvalue weighted by Crippen LogP contribution is -1.91. The van der Waals surface area contributed by atoms with Crippen LogP contribution in [0.1, 0.15) is 16.1 Å². The third-order valence-electron chi connectivity index (χ3n) is 1.14. The van der Waals surface area contributed by atoms with Crippen LogP contribution in [-0.4, -0.2) is 15.4 Å². The highest BCUT2D eigenvalue weighted by Crippen LogP contribution is 2.09. The molecular formula is C5H4ClFN2O. The van der Waals surface area contributed by atoms with E-state index in [4.69, 9.17) is 11.6 Å². The van der Waals surface area contributed by atoms with Crippen LogP contribution < -0.4 is 0 Å². The second-order valence-electron chi connectivity index (χ2n) is 1.78. The van der Waals surface area contributed by atoms with Gasteiger partial charge >= 0.3 is 0 Å². The molecule has 3 nitrogen and oxygen atoms in total. The van der Waals surface area contributed by atoms with E-state index in [-0.39, 0.29) is 11.3 Å². The molecule has 0 amide bonds. The minimum Gasteiger partial charge on any atom is -0.274 e. The van der Waals surface area contributed by atoms with Crippen molar-refractivity contribution in [3.8, 4) is 0 Å². The van der Waals surface area contributed by atoms with Crippen LogP contribution in [0.3, 0.4) is 0 Å². The molecule has 1 heterocycles. The molecule has 0 atom stereocenters. The smallest absolute Gasteiger partial charge is 0.273 e. The highest BCUT2D eigenvalue weighted by Gasteiger charge is 2.12. The molecule has 0 aliphatic rings. The molecule has 1 rings (SSSR count). The maximum atomic E-state index is 12.4. The molecular weight excluding hydrogens is 159 g/mol. The van der Waals surface area contributed by atoms with Gasteiger partial charge in [-0.25, -0.2) is 0 Å². The van der Waals surface area contributed by atoms with Crippen molar-refractivity contribution in [3.05, 3.63) is 17.2 Å². The predicted octanol–water partition coefficient (Wildman–Crippen LogP) is 1.24. The number of nitrogens with zero attached hydrogens (tertiary/aromatic N) is 1. The third kappa shape index (κ3) is 1.02. The molecule has 5 heteroatoms. The number of hydrogen-bond acceptors (Lipinski definition) is 2. The van der Waals surface area contributed by atoms with Gasteiger partial charge in [0.2, 0.25) is 5.95 Å². The van der Waals surface area contributed by atoms with E-state index in [9.17, 15) is 9.18 Å². The largest absolute Gasteiger partial charge is 0.274 e. The van der Waals surface area contributed by atoms with Crippen molar-refractivity contribution in [3.63, 3.8) is 0 Å². The number of carbonyl (C=O) groups excluding carboxylic acids is 1. The molecule has 10 heavy (non-hydrogen) atoms. The Morgan fingerprint density at radius 3 is 2.60 bits per heavy atom. The van der Waals surface area contributed by atoms with E-state index in [0.717, 1.165) is 0 Å². The zero-order valence-corrected chi connectivity index (χ0v) is 5.87. The van der Waals surface area contributed by atoms with Crippen molar-refractivity contribution in [1.29, 1.82) is 0 Å². The summed E-state index contributed by atoms with van der Waals surface area (Å²) in [5, 5.41) is 4.58. The zero-order chi connectivity index (χ0) is 7.72. The summed E-state index contributed by atoms with van der Waals surface area (Å²) >= 11 is 5.03. The Morgan fingerprint density at radius 1 is 1.80 bits per heavy atom. The standard InChI is InChI=1S/C5H4ClFN2O/c1-2-3(4(6)10)8-9-5(2)7/h1H3,(H,8,9). The van der Waals surface area contributed by atoms with E-state index >= 15 is 0 Å². The van der Waals surface area contributed by atoms with E-state index in [0.29, 0.717) is 0 Å². The van der Waals surface area contributed by atoms with Gasteiger partial charge in [-0.15, -0.1) is 0 Å². The van der Waals surface area contributed by atoms with Crippen LogP contribution in [0.25, 0.3) is 0 Å². The fourth-order valence-electron chi connectivity index (χ4n) is 0.568. The molecule has 0 unspecified atom stereocenters. The van der Waals surface area contributed by atoms with E-state index < -0.39 is 11.2 Å². The van der Waals surface area contributed by atoms with Gasteiger partial charge in [-0.1, -0.05) is 0 Å². The second kappa shape index (κ2) is 2.38. The minimum absolute atomic E-state index is 0.0563. The molecule has 0 spiro atoms. The Bertz CT molecular complexity index is 271. The summed E-state index contributed by atoms with van der Waals surface area (Å²) in [5.74, 6) is -0.621. The molecule has 1 N–H and O–H groups in total. The normalized spacial score (nSPS) is 9.90. The lowest BCUT2D eigenvalue weighted by Gasteiger charge is -1.84. The molecule has 0 fully saturated rings. The van der Waals surface area contributed by atoms with Gasteiger partial charge in [0.1, 0.15) is 0 Å². The highest BCUT2D eigenvalue weighted by atomic mass is 35.5. The molecule has 0 aliphatic carbocycles. The first-order valence-electron chi connectivity index (χ1n) is 2.53. The van der Waals surface area contributed by atoms with Crippen molar-refractivity contribution >= 4 is 16.8 Å². The molecule has 0 bridgehead atoms. The number of aromatic amines is 1. The monoisotopic (exact) mass is 162 g/mol. The first-order chi connectivity index (χ1) is 4.63. The average molecular weight is 163 g/mol. The van der Waals surface area contributed by atoms with E-state index in [1.165, 1.54) is 6.92 Å². The number of hydrogen-bond donors (Lipinski definition) is 1. The summed E-state index contributed by atoms with van der Waals surface area (Å²) in [6.07, 6.45) is 0. The molecule has 0 aromatic carbocycles. The molecule has 54 valence electrons. The van der Waals surface area contributed by atoms with Crippen LogP contribution >= 0.6 is 11.6 Å². The lowest BCUT2D eigenvalue weighted by molar-refractivity contribution is 0.107. The minimum atomic E-state index is -0.752. The maximum Gasteiger partial charge on any atom is 0.273 e. The van der Waals surface area contributed by atoms with Crippen LogP contribution in [0.15, 0.2) is 0 Å². The van der Waals surface area contributed by atoms with Crippen LogP contribution in [0.5, 0.6) is 0 Å². The van der Waals surface area contributed by atoms with E-state index in [1.807, 2.05) is 5.10 Å². The van der Waals surface area contributed by atoms with Crippen LogP contribution in [0, 0.1) is 12.9 Å². The Morgan fingerprint density at radius 2 is 2.40 bits per heavy atom. The fraction of sp³-hybridized carbons (Fsp3) is 0.200. The molecule has 0 radical (unpaired) electrons. The summed E-state index contributed by atoms with van der Waals surface area (Å²) in [6, 6.07) is 0. The summed E-state index contributed by atoms with van der Waals surface area (Å²) in [5.41, 5.74) is 0.0965. The summed E-state index contributed by atoms with van der Waals surface area (Å²) < 4.78 is 12.4. The van der Waals surface area contributed by atoms with E-state index in [1.54, 1.807) is 0 Å². The van der Waals surface area contributed by atoms with Crippen LogP contribution in [0.2, 0.25) is 0 Å². The Balaban J connectivity index is 3.17. The van der Waals surface area contributed by atoms with Crippen molar-refractivity contribution in [2.45, 2.75) is 6.92 Å². The first kappa shape index (κ1) is 7.21. The number of carbonyl (C=O) groups is 1. The Hall–Kier alpha value is -0.900. The van der Waals surface area contributed by atoms with Crippen LogP contribution in [-0.2, 0) is 0 Å². The van der Waals surface area contributed by atoms with Crippen molar-refractivity contribution in [1.82, 2.24) is 10.2 Å².